The minimum Gasteiger partial charge on any atom is -0.0876 e. The van der Waals surface area contributed by atoms with Crippen molar-refractivity contribution in [3.8, 4) is 0 Å². The molecule has 0 fully saturated rings. The second-order valence-corrected chi connectivity index (χ2v) is 2.83. The van der Waals surface area contributed by atoms with Crippen molar-refractivity contribution in [2.45, 2.75) is 5.28 Å². The maximum Gasteiger partial charge on any atom is 0.0437 e. The summed E-state index contributed by atoms with van der Waals surface area (Å²) in [7, 11) is 0. The van der Waals surface area contributed by atoms with Gasteiger partial charge in [0.2, 0.25) is 0 Å². The fourth-order valence-electron chi connectivity index (χ4n) is 0.538. The van der Waals surface area contributed by atoms with E-state index in [-0.39, 0.29) is 0 Å². The molecule has 0 atom stereocenters. The van der Waals surface area contributed by atoms with Crippen molar-refractivity contribution in [3.63, 3.8) is 0 Å². The fraction of sp³-hybridized carbons (Fsp3) is 0.143. The minimum absolute atomic E-state index is 0.611. The predicted octanol–water partition coefficient (Wildman–Crippen LogP) is 3.34. The van der Waals surface area contributed by atoms with Crippen molar-refractivity contribution in [1.82, 2.24) is 0 Å². The smallest absolute Gasteiger partial charge is 0.0437 e. The molecule has 0 spiro atoms. The molecule has 0 aromatic heterocycles. The van der Waals surface area contributed by atoms with Crippen molar-refractivity contribution in [2.75, 3.05) is 0 Å². The highest BCUT2D eigenvalue weighted by molar-refractivity contribution is 9.10. The lowest BCUT2D eigenvalue weighted by Gasteiger charge is -1.95. The lowest BCUT2D eigenvalue weighted by Crippen LogP contribution is -1.76. The van der Waals surface area contributed by atoms with Gasteiger partial charge in [-0.3, -0.25) is 0 Å². The van der Waals surface area contributed by atoms with Gasteiger partial charge in [-0.1, -0.05) is 50.1 Å². The number of halogens is 2. The summed E-state index contributed by atoms with van der Waals surface area (Å²) in [6, 6.07) is 7.21. The first-order valence-corrected chi connectivity index (χ1v) is 4.04. The highest BCUT2D eigenvalue weighted by Gasteiger charge is 1.92. The van der Waals surface area contributed by atoms with Crippen LogP contribution in [0.4, 0.5) is 0 Å². The maximum absolute atomic E-state index is 7.37. The fourth-order valence-corrected chi connectivity index (χ4v) is 1.53. The standard InChI is InChI=1S/C7H6Br2/c8-5-6-3-1-2-4-7(6)9/h1-4H,5H2/i5D2. The van der Waals surface area contributed by atoms with Gasteiger partial charge in [-0.2, -0.15) is 0 Å². The van der Waals surface area contributed by atoms with E-state index in [9.17, 15) is 0 Å². The summed E-state index contributed by atoms with van der Waals surface area (Å²) in [5, 5.41) is -1.45. The first-order chi connectivity index (χ1) is 5.02. The first kappa shape index (κ1) is 4.91. The van der Waals surface area contributed by atoms with Crippen molar-refractivity contribution in [1.29, 1.82) is 0 Å². The summed E-state index contributed by atoms with van der Waals surface area (Å²) in [5.41, 5.74) is 0.611. The topological polar surface area (TPSA) is 0 Å². The maximum atomic E-state index is 7.37. The zero-order chi connectivity index (χ0) is 8.48. The molecule has 0 bridgehead atoms. The predicted molar refractivity (Wildman–Crippen MR) is 46.8 cm³/mol. The van der Waals surface area contributed by atoms with E-state index in [4.69, 9.17) is 2.74 Å². The van der Waals surface area contributed by atoms with Gasteiger partial charge >= 0.3 is 0 Å². The summed E-state index contributed by atoms with van der Waals surface area (Å²) >= 11 is 6.20. The molecule has 2 heteroatoms. The third-order valence-corrected chi connectivity index (χ3v) is 2.09. The van der Waals surface area contributed by atoms with Gasteiger partial charge in [0, 0.05) is 12.5 Å². The van der Waals surface area contributed by atoms with E-state index in [0.717, 1.165) is 4.47 Å². The molecule has 0 N–H and O–H groups in total. The van der Waals surface area contributed by atoms with E-state index in [1.54, 1.807) is 12.1 Å². The molecule has 0 heterocycles. The summed E-state index contributed by atoms with van der Waals surface area (Å²) in [6.45, 7) is 0. The van der Waals surface area contributed by atoms with E-state index in [1.807, 2.05) is 12.1 Å². The minimum atomic E-state index is -1.45. The Balaban J connectivity index is 3.14. The van der Waals surface area contributed by atoms with Gasteiger partial charge in [-0.05, 0) is 11.6 Å². The van der Waals surface area contributed by atoms with Crippen molar-refractivity contribution in [2.24, 2.45) is 0 Å². The van der Waals surface area contributed by atoms with Gasteiger partial charge in [0.25, 0.3) is 0 Å². The number of hydrogen-bond donors (Lipinski definition) is 0. The molecule has 0 saturated heterocycles. The molecule has 0 aliphatic heterocycles. The number of alkyl halides is 1. The molecule has 0 aliphatic rings. The van der Waals surface area contributed by atoms with E-state index in [2.05, 4.69) is 31.9 Å². The van der Waals surface area contributed by atoms with Crippen molar-refractivity contribution >= 4 is 31.9 Å². The van der Waals surface area contributed by atoms with Crippen LogP contribution in [0.15, 0.2) is 28.7 Å². The van der Waals surface area contributed by atoms with Crippen LogP contribution in [0.3, 0.4) is 0 Å². The Hall–Kier alpha value is 0.180. The number of hydrogen-bond acceptors (Lipinski definition) is 0. The molecule has 0 aliphatic carbocycles. The van der Waals surface area contributed by atoms with Crippen LogP contribution in [0, 0.1) is 0 Å². The Morgan fingerprint density at radius 2 is 2.11 bits per heavy atom. The van der Waals surface area contributed by atoms with Crippen LogP contribution in [0.25, 0.3) is 0 Å². The molecule has 1 aromatic carbocycles. The molecular weight excluding hydrogens is 244 g/mol. The Kier molecular flexibility index (Phi) is 1.84. The highest BCUT2D eigenvalue weighted by Crippen LogP contribution is 2.17. The van der Waals surface area contributed by atoms with Crippen LogP contribution in [-0.4, -0.2) is 0 Å². The largest absolute Gasteiger partial charge is 0.0876 e. The Labute approximate surface area is 74.3 Å². The molecule has 9 heavy (non-hydrogen) atoms. The summed E-state index contributed by atoms with van der Waals surface area (Å²) in [6.07, 6.45) is 0. The summed E-state index contributed by atoms with van der Waals surface area (Å²) < 4.78 is 15.5. The average Bonchev–Trinajstić information content (AvgIpc) is 1.86. The Morgan fingerprint density at radius 3 is 2.56 bits per heavy atom. The summed E-state index contributed by atoms with van der Waals surface area (Å²) in [4.78, 5) is 0. The normalized spacial score (nSPS) is 14.4. The zero-order valence-corrected chi connectivity index (χ0v) is 7.74. The quantitative estimate of drug-likeness (QED) is 0.672. The van der Waals surface area contributed by atoms with E-state index >= 15 is 0 Å². The lowest BCUT2D eigenvalue weighted by molar-refractivity contribution is 1.40. The van der Waals surface area contributed by atoms with E-state index < -0.39 is 5.28 Å². The van der Waals surface area contributed by atoms with E-state index in [1.165, 1.54) is 0 Å². The first-order valence-electron chi connectivity index (χ1n) is 3.46. The van der Waals surface area contributed by atoms with Gasteiger partial charge in [-0.15, -0.1) is 0 Å². The molecule has 0 unspecified atom stereocenters. The van der Waals surface area contributed by atoms with Crippen LogP contribution in [0.5, 0.6) is 0 Å². The zero-order valence-electron chi connectivity index (χ0n) is 6.57. The van der Waals surface area contributed by atoms with Gasteiger partial charge < -0.3 is 0 Å². The van der Waals surface area contributed by atoms with Gasteiger partial charge in [0.1, 0.15) is 0 Å². The molecule has 0 nitrogen and oxygen atoms in total. The van der Waals surface area contributed by atoms with Gasteiger partial charge in [0.15, 0.2) is 0 Å². The van der Waals surface area contributed by atoms with E-state index in [0.29, 0.717) is 5.56 Å². The Morgan fingerprint density at radius 1 is 1.44 bits per heavy atom. The van der Waals surface area contributed by atoms with Gasteiger partial charge in [-0.25, -0.2) is 0 Å². The SMILES string of the molecule is [2H]C([2H])(Br)c1ccccc1Br. The van der Waals surface area contributed by atoms with Gasteiger partial charge in [0.05, 0.1) is 0 Å². The van der Waals surface area contributed by atoms with Crippen LogP contribution >= 0.6 is 31.9 Å². The molecule has 0 radical (unpaired) electrons. The third kappa shape index (κ3) is 1.80. The lowest BCUT2D eigenvalue weighted by atomic mass is 10.2. The molecule has 1 rings (SSSR count). The highest BCUT2D eigenvalue weighted by atomic mass is 79.9. The van der Waals surface area contributed by atoms with Crippen LogP contribution in [-0.2, 0) is 5.28 Å². The second kappa shape index (κ2) is 3.37. The molecular formula is C7H6Br2. The second-order valence-electron chi connectivity index (χ2n) is 1.57. The Bertz CT molecular complexity index is 255. The third-order valence-electron chi connectivity index (χ3n) is 0.976. The molecule has 1 aromatic rings. The molecule has 0 amide bonds. The van der Waals surface area contributed by atoms with Crippen LogP contribution < -0.4 is 0 Å². The van der Waals surface area contributed by atoms with Crippen LogP contribution in [0.1, 0.15) is 8.30 Å². The van der Waals surface area contributed by atoms with Crippen LogP contribution in [0.2, 0.25) is 0 Å². The molecule has 48 valence electrons. The average molecular weight is 252 g/mol. The monoisotopic (exact) mass is 250 g/mol. The molecule has 0 saturated carbocycles. The summed E-state index contributed by atoms with van der Waals surface area (Å²) in [5.74, 6) is 0. The van der Waals surface area contributed by atoms with Crippen molar-refractivity contribution < 1.29 is 2.74 Å². The van der Waals surface area contributed by atoms with Crippen molar-refractivity contribution in [3.05, 3.63) is 34.3 Å². The number of rotatable bonds is 1. The number of benzene rings is 1.